The summed E-state index contributed by atoms with van der Waals surface area (Å²) in [5.41, 5.74) is 0. The van der Waals surface area contributed by atoms with Crippen LogP contribution < -0.4 is 5.32 Å². The molecule has 3 heteroatoms. The van der Waals surface area contributed by atoms with Crippen molar-refractivity contribution < 1.29 is 4.79 Å². The number of amides is 1. The molecule has 1 atom stereocenters. The summed E-state index contributed by atoms with van der Waals surface area (Å²) >= 11 is 0. The van der Waals surface area contributed by atoms with E-state index in [1.165, 1.54) is 19.3 Å². The van der Waals surface area contributed by atoms with Gasteiger partial charge in [-0.3, -0.25) is 4.79 Å². The van der Waals surface area contributed by atoms with Crippen LogP contribution in [0.4, 0.5) is 0 Å². The minimum absolute atomic E-state index is 0.403. The number of rotatable bonds is 3. The maximum atomic E-state index is 12.2. The lowest BCUT2D eigenvalue weighted by Gasteiger charge is -2.25. The number of piperidine rings is 1. The molecular weight excluding hydrogens is 212 g/mol. The molecule has 0 bridgehead atoms. The second-order valence-electron chi connectivity index (χ2n) is 6.03. The first-order valence-corrected chi connectivity index (χ1v) is 7.15. The summed E-state index contributed by atoms with van der Waals surface area (Å²) in [5.74, 6) is 2.47. The predicted molar refractivity (Wildman–Crippen MR) is 69.7 cm³/mol. The molecule has 98 valence electrons. The van der Waals surface area contributed by atoms with E-state index in [4.69, 9.17) is 0 Å². The van der Waals surface area contributed by atoms with Crippen molar-refractivity contribution in [3.05, 3.63) is 0 Å². The molecule has 0 spiro atoms. The van der Waals surface area contributed by atoms with Crippen LogP contribution in [0, 0.1) is 17.8 Å². The molecule has 2 heterocycles. The molecule has 1 N–H and O–H groups in total. The highest BCUT2D eigenvalue weighted by Gasteiger charge is 2.29. The Morgan fingerprint density at radius 2 is 2.00 bits per heavy atom. The fraction of sp³-hybridized carbons (Fsp3) is 0.929. The lowest BCUT2D eigenvalue weighted by atomic mass is 9.94. The van der Waals surface area contributed by atoms with Crippen molar-refractivity contribution >= 4 is 5.91 Å². The van der Waals surface area contributed by atoms with Crippen LogP contribution in [0.5, 0.6) is 0 Å². The molecule has 2 aliphatic rings. The summed E-state index contributed by atoms with van der Waals surface area (Å²) in [6.45, 7) is 8.71. The zero-order chi connectivity index (χ0) is 12.3. The number of likely N-dealkylation sites (tertiary alicyclic amines) is 1. The summed E-state index contributed by atoms with van der Waals surface area (Å²) in [6, 6.07) is 0. The third-order valence-corrected chi connectivity index (χ3v) is 4.44. The van der Waals surface area contributed by atoms with Crippen molar-refractivity contribution in [3.63, 3.8) is 0 Å². The van der Waals surface area contributed by atoms with Gasteiger partial charge in [-0.1, -0.05) is 13.8 Å². The summed E-state index contributed by atoms with van der Waals surface area (Å²) in [6.07, 6.45) is 4.34. The van der Waals surface area contributed by atoms with E-state index < -0.39 is 0 Å². The van der Waals surface area contributed by atoms with Crippen LogP contribution in [0.25, 0.3) is 0 Å². The van der Waals surface area contributed by atoms with Gasteiger partial charge in [0.15, 0.2) is 0 Å². The van der Waals surface area contributed by atoms with Gasteiger partial charge in [-0.2, -0.15) is 0 Å². The van der Waals surface area contributed by atoms with Gasteiger partial charge >= 0.3 is 0 Å². The number of nitrogens with zero attached hydrogens (tertiary/aromatic N) is 1. The zero-order valence-electron chi connectivity index (χ0n) is 11.2. The molecule has 0 radical (unpaired) electrons. The van der Waals surface area contributed by atoms with Crippen molar-refractivity contribution in [1.29, 1.82) is 0 Å². The molecule has 2 saturated heterocycles. The van der Waals surface area contributed by atoms with Gasteiger partial charge in [-0.15, -0.1) is 0 Å². The van der Waals surface area contributed by atoms with Gasteiger partial charge in [0.05, 0.1) is 0 Å². The molecule has 0 saturated carbocycles. The van der Waals surface area contributed by atoms with E-state index >= 15 is 0 Å². The average molecular weight is 238 g/mol. The first kappa shape index (κ1) is 12.9. The number of hydrogen-bond donors (Lipinski definition) is 1. The summed E-state index contributed by atoms with van der Waals surface area (Å²) in [5, 5.41) is 3.35. The van der Waals surface area contributed by atoms with E-state index in [-0.39, 0.29) is 0 Å². The van der Waals surface area contributed by atoms with Crippen molar-refractivity contribution in [2.45, 2.75) is 39.5 Å². The van der Waals surface area contributed by atoms with Gasteiger partial charge in [0.25, 0.3) is 0 Å². The Hall–Kier alpha value is -0.570. The Bertz CT molecular complexity index is 259. The molecule has 2 rings (SSSR count). The third kappa shape index (κ3) is 3.44. The highest BCUT2D eigenvalue weighted by molar-refractivity contribution is 5.76. The highest BCUT2D eigenvalue weighted by atomic mass is 16.2. The SMILES string of the molecule is CC(C)C1CCN(C(=O)CC2CCNCC2)C1. The van der Waals surface area contributed by atoms with Crippen molar-refractivity contribution in [2.75, 3.05) is 26.2 Å². The second kappa shape index (κ2) is 5.85. The summed E-state index contributed by atoms with van der Waals surface area (Å²) in [4.78, 5) is 14.3. The van der Waals surface area contributed by atoms with Crippen LogP contribution in [-0.4, -0.2) is 37.0 Å². The minimum atomic E-state index is 0.403. The van der Waals surface area contributed by atoms with E-state index in [0.717, 1.165) is 38.5 Å². The van der Waals surface area contributed by atoms with Crippen molar-refractivity contribution in [2.24, 2.45) is 17.8 Å². The monoisotopic (exact) mass is 238 g/mol. The second-order valence-corrected chi connectivity index (χ2v) is 6.03. The fourth-order valence-corrected chi connectivity index (χ4v) is 3.02. The van der Waals surface area contributed by atoms with E-state index in [1.807, 2.05) is 0 Å². The van der Waals surface area contributed by atoms with Gasteiger partial charge in [-0.25, -0.2) is 0 Å². The lowest BCUT2D eigenvalue weighted by molar-refractivity contribution is -0.131. The predicted octanol–water partition coefficient (Wildman–Crippen LogP) is 1.88. The standard InChI is InChI=1S/C14H26N2O/c1-11(2)13-5-8-16(10-13)14(17)9-12-3-6-15-7-4-12/h11-13,15H,3-10H2,1-2H3. The lowest BCUT2D eigenvalue weighted by Crippen LogP contribution is -2.34. The smallest absolute Gasteiger partial charge is 0.222 e. The Morgan fingerprint density at radius 3 is 2.59 bits per heavy atom. The van der Waals surface area contributed by atoms with Crippen LogP contribution in [0.2, 0.25) is 0 Å². The Kier molecular flexibility index (Phi) is 4.43. The van der Waals surface area contributed by atoms with Crippen LogP contribution >= 0.6 is 0 Å². The maximum Gasteiger partial charge on any atom is 0.222 e. The van der Waals surface area contributed by atoms with Gasteiger partial charge in [-0.05, 0) is 50.1 Å². The topological polar surface area (TPSA) is 32.3 Å². The normalized spacial score (nSPS) is 26.8. The van der Waals surface area contributed by atoms with Crippen LogP contribution in [0.15, 0.2) is 0 Å². The van der Waals surface area contributed by atoms with Crippen LogP contribution in [-0.2, 0) is 4.79 Å². The highest BCUT2D eigenvalue weighted by Crippen LogP contribution is 2.25. The molecule has 1 amide bonds. The van der Waals surface area contributed by atoms with E-state index in [0.29, 0.717) is 17.7 Å². The van der Waals surface area contributed by atoms with Crippen LogP contribution in [0.1, 0.15) is 39.5 Å². The Balaban J connectivity index is 1.76. The molecular formula is C14H26N2O. The van der Waals surface area contributed by atoms with E-state index in [9.17, 15) is 4.79 Å². The fourth-order valence-electron chi connectivity index (χ4n) is 3.02. The first-order chi connectivity index (χ1) is 8.16. The minimum Gasteiger partial charge on any atom is -0.342 e. The molecule has 2 aliphatic heterocycles. The van der Waals surface area contributed by atoms with E-state index in [1.54, 1.807) is 0 Å². The average Bonchev–Trinajstić information content (AvgIpc) is 2.79. The molecule has 0 aliphatic carbocycles. The Labute approximate surface area is 105 Å². The molecule has 1 unspecified atom stereocenters. The van der Waals surface area contributed by atoms with Gasteiger partial charge in [0, 0.05) is 19.5 Å². The molecule has 0 aromatic carbocycles. The summed E-state index contributed by atoms with van der Waals surface area (Å²) in [7, 11) is 0. The van der Waals surface area contributed by atoms with Crippen LogP contribution in [0.3, 0.4) is 0 Å². The molecule has 2 fully saturated rings. The summed E-state index contributed by atoms with van der Waals surface area (Å²) < 4.78 is 0. The van der Waals surface area contributed by atoms with Crippen molar-refractivity contribution in [3.8, 4) is 0 Å². The quantitative estimate of drug-likeness (QED) is 0.814. The Morgan fingerprint density at radius 1 is 1.29 bits per heavy atom. The largest absolute Gasteiger partial charge is 0.342 e. The van der Waals surface area contributed by atoms with Gasteiger partial charge in [0.1, 0.15) is 0 Å². The first-order valence-electron chi connectivity index (χ1n) is 7.15. The van der Waals surface area contributed by atoms with Crippen molar-refractivity contribution in [1.82, 2.24) is 10.2 Å². The molecule has 0 aromatic heterocycles. The number of hydrogen-bond acceptors (Lipinski definition) is 2. The molecule has 0 aromatic rings. The number of carbonyl (C=O) groups excluding carboxylic acids is 1. The third-order valence-electron chi connectivity index (χ3n) is 4.44. The van der Waals surface area contributed by atoms with Gasteiger partial charge < -0.3 is 10.2 Å². The van der Waals surface area contributed by atoms with Gasteiger partial charge in [0.2, 0.25) is 5.91 Å². The maximum absolute atomic E-state index is 12.2. The number of nitrogens with one attached hydrogen (secondary N) is 1. The number of carbonyl (C=O) groups is 1. The van der Waals surface area contributed by atoms with E-state index in [2.05, 4.69) is 24.1 Å². The zero-order valence-corrected chi connectivity index (χ0v) is 11.2. The molecule has 3 nitrogen and oxygen atoms in total. The molecule has 17 heavy (non-hydrogen) atoms.